The molecule has 0 aromatic heterocycles. The van der Waals surface area contributed by atoms with E-state index >= 15 is 8.78 Å². The van der Waals surface area contributed by atoms with E-state index in [1.807, 2.05) is 0 Å². The van der Waals surface area contributed by atoms with Crippen LogP contribution in [0.5, 0.6) is 0 Å². The van der Waals surface area contributed by atoms with Gasteiger partial charge in [0.2, 0.25) is 0 Å². The molecule has 0 radical (unpaired) electrons. The number of rotatable bonds is 2. The maximum absolute atomic E-state index is 15.1. The van der Waals surface area contributed by atoms with Gasteiger partial charge < -0.3 is 0 Å². The van der Waals surface area contributed by atoms with E-state index in [0.717, 1.165) is 76.3 Å². The Hall–Kier alpha value is -4.82. The number of benzene rings is 8. The topological polar surface area (TPSA) is 0 Å². The summed E-state index contributed by atoms with van der Waals surface area (Å²) in [6.45, 7) is 4.14. The lowest BCUT2D eigenvalue weighted by Gasteiger charge is -2.22. The fourth-order valence-electron chi connectivity index (χ4n) is 6.62. The molecule has 0 bridgehead atoms. The highest BCUT2D eigenvalue weighted by atomic mass is 19.2. The summed E-state index contributed by atoms with van der Waals surface area (Å²) in [5.74, 6) is -1.67. The quantitative estimate of drug-likeness (QED) is 0.158. The molecule has 0 heterocycles. The summed E-state index contributed by atoms with van der Waals surface area (Å²) >= 11 is 0. The van der Waals surface area contributed by atoms with Gasteiger partial charge in [-0.1, -0.05) is 108 Å². The zero-order chi connectivity index (χ0) is 27.1. The van der Waals surface area contributed by atoms with E-state index in [2.05, 4.69) is 111 Å². The lowest BCUT2D eigenvalue weighted by Crippen LogP contribution is -1.96. The third kappa shape index (κ3) is 3.17. The van der Waals surface area contributed by atoms with E-state index in [1.54, 1.807) is 0 Å². The molecule has 0 aliphatic carbocycles. The van der Waals surface area contributed by atoms with E-state index in [4.69, 9.17) is 0 Å². The van der Waals surface area contributed by atoms with Crippen molar-refractivity contribution in [1.29, 1.82) is 0 Å². The Balaban J connectivity index is 1.74. The lowest BCUT2D eigenvalue weighted by molar-refractivity contribution is 0.511. The molecule has 8 aromatic rings. The van der Waals surface area contributed by atoms with Crippen LogP contribution in [0.2, 0.25) is 0 Å². The highest BCUT2D eigenvalue weighted by molar-refractivity contribution is 6.41. The minimum absolute atomic E-state index is 0.715. The van der Waals surface area contributed by atoms with E-state index in [-0.39, 0.29) is 0 Å². The Kier molecular flexibility index (Phi) is 4.82. The lowest BCUT2D eigenvalue weighted by atomic mass is 9.80. The van der Waals surface area contributed by atoms with E-state index in [1.165, 1.54) is 17.7 Å². The largest absolute Gasteiger partial charge is 0.204 e. The van der Waals surface area contributed by atoms with Gasteiger partial charge in [-0.2, -0.15) is 0 Å². The first-order chi connectivity index (χ1) is 19.5. The van der Waals surface area contributed by atoms with Crippen LogP contribution in [0.3, 0.4) is 0 Å². The molecule has 0 amide bonds. The van der Waals surface area contributed by atoms with Gasteiger partial charge in [0.05, 0.1) is 0 Å². The number of hydrogen-bond acceptors (Lipinski definition) is 0. The Labute approximate surface area is 230 Å². The second-order valence-electron chi connectivity index (χ2n) is 10.9. The second-order valence-corrected chi connectivity index (χ2v) is 10.9. The van der Waals surface area contributed by atoms with Gasteiger partial charge in [0, 0.05) is 0 Å². The van der Waals surface area contributed by atoms with Crippen molar-refractivity contribution in [2.24, 2.45) is 0 Å². The third-order valence-electron chi connectivity index (χ3n) is 8.47. The van der Waals surface area contributed by atoms with E-state index < -0.39 is 11.6 Å². The van der Waals surface area contributed by atoms with Crippen LogP contribution < -0.4 is 0 Å². The van der Waals surface area contributed by atoms with Crippen molar-refractivity contribution in [2.45, 2.75) is 13.8 Å². The van der Waals surface area contributed by atoms with Crippen LogP contribution in [-0.2, 0) is 0 Å². The average molecular weight is 519 g/mol. The molecule has 0 atom stereocenters. The number of halogens is 2. The minimum Gasteiger partial charge on any atom is -0.204 e. The summed E-state index contributed by atoms with van der Waals surface area (Å²) < 4.78 is 30.2. The molecule has 190 valence electrons. The van der Waals surface area contributed by atoms with Crippen LogP contribution in [0.4, 0.5) is 8.78 Å². The molecule has 0 nitrogen and oxygen atoms in total. The van der Waals surface area contributed by atoms with Crippen molar-refractivity contribution in [3.63, 3.8) is 0 Å². The van der Waals surface area contributed by atoms with Crippen molar-refractivity contribution in [2.75, 3.05) is 0 Å². The predicted molar refractivity (Wildman–Crippen MR) is 165 cm³/mol. The molecule has 8 rings (SSSR count). The molecule has 0 unspecified atom stereocenters. The molecule has 0 saturated heterocycles. The first-order valence-electron chi connectivity index (χ1n) is 13.6. The van der Waals surface area contributed by atoms with E-state index in [0.29, 0.717) is 5.39 Å². The van der Waals surface area contributed by atoms with Crippen LogP contribution >= 0.6 is 0 Å². The molecule has 0 fully saturated rings. The maximum Gasteiger partial charge on any atom is 0.159 e. The van der Waals surface area contributed by atoms with Gasteiger partial charge in [0.15, 0.2) is 11.6 Å². The fraction of sp³-hybridized carbons (Fsp3) is 0.0526. The summed E-state index contributed by atoms with van der Waals surface area (Å²) in [6.07, 6.45) is 0. The Bertz CT molecular complexity index is 2270. The smallest absolute Gasteiger partial charge is 0.159 e. The molecule has 2 heteroatoms. The first kappa shape index (κ1) is 23.1. The number of aryl methyl sites for hydroxylation is 2. The molecule has 0 N–H and O–H groups in total. The van der Waals surface area contributed by atoms with Gasteiger partial charge in [-0.3, -0.25) is 0 Å². The fourth-order valence-corrected chi connectivity index (χ4v) is 6.62. The summed E-state index contributed by atoms with van der Waals surface area (Å²) in [4.78, 5) is 0. The van der Waals surface area contributed by atoms with Crippen LogP contribution in [0, 0.1) is 25.5 Å². The molecule has 0 aliphatic rings. The summed E-state index contributed by atoms with van der Waals surface area (Å²) in [7, 11) is 0. The summed E-state index contributed by atoms with van der Waals surface area (Å²) in [5, 5.41) is 10.2. The monoisotopic (exact) mass is 518 g/mol. The zero-order valence-electron chi connectivity index (χ0n) is 22.1. The summed E-state index contributed by atoms with van der Waals surface area (Å²) in [6, 6.07) is 36.8. The van der Waals surface area contributed by atoms with Crippen molar-refractivity contribution in [3.05, 3.63) is 132 Å². The molecular weight excluding hydrogens is 494 g/mol. The van der Waals surface area contributed by atoms with Gasteiger partial charge in [-0.15, -0.1) is 0 Å². The molecule has 0 spiro atoms. The number of hydrogen-bond donors (Lipinski definition) is 0. The van der Waals surface area contributed by atoms with Crippen LogP contribution in [0.1, 0.15) is 11.1 Å². The molecule has 8 aromatic carbocycles. The summed E-state index contributed by atoms with van der Waals surface area (Å²) in [5.41, 5.74) is 6.41. The van der Waals surface area contributed by atoms with Crippen molar-refractivity contribution < 1.29 is 8.78 Å². The highest BCUT2D eigenvalue weighted by Gasteiger charge is 2.23. The SMILES string of the molecule is Cc1ccc(-c2ccc3c4cccc5cccc(c54)c4c5cc(F)c(F)cc5c(-c5ccc(C)cc5)c2c34)cc1. The first-order valence-corrected chi connectivity index (χ1v) is 13.6. The van der Waals surface area contributed by atoms with Crippen LogP contribution in [-0.4, -0.2) is 0 Å². The maximum atomic E-state index is 15.1. The van der Waals surface area contributed by atoms with Crippen LogP contribution in [0.25, 0.3) is 76.1 Å². The third-order valence-corrected chi connectivity index (χ3v) is 8.47. The normalized spacial score (nSPS) is 12.0. The van der Waals surface area contributed by atoms with Crippen molar-refractivity contribution in [3.8, 4) is 22.3 Å². The number of fused-ring (bicyclic) bond motifs is 4. The van der Waals surface area contributed by atoms with Crippen molar-refractivity contribution in [1.82, 2.24) is 0 Å². The molecular formula is C38H24F2. The van der Waals surface area contributed by atoms with Crippen molar-refractivity contribution >= 4 is 53.9 Å². The van der Waals surface area contributed by atoms with Gasteiger partial charge in [0.1, 0.15) is 0 Å². The Morgan fingerprint density at radius 3 is 1.68 bits per heavy atom. The molecule has 40 heavy (non-hydrogen) atoms. The Morgan fingerprint density at radius 1 is 0.425 bits per heavy atom. The van der Waals surface area contributed by atoms with Gasteiger partial charge in [0.25, 0.3) is 0 Å². The standard InChI is InChI=1S/C38H24F2/c1-21-9-13-23(14-10-21)26-17-18-28-27-7-3-5-24-6-4-8-29(34(24)27)36-31-20-33(40)32(39)19-30(31)35(37(26)38(28)36)25-15-11-22(2)12-16-25/h3-20H,1-2H3. The zero-order valence-corrected chi connectivity index (χ0v) is 22.1. The highest BCUT2D eigenvalue weighted by Crippen LogP contribution is 2.50. The average Bonchev–Trinajstić information content (AvgIpc) is 2.97. The molecule has 0 aliphatic heterocycles. The van der Waals surface area contributed by atoms with Gasteiger partial charge in [-0.05, 0) is 102 Å². The Morgan fingerprint density at radius 2 is 1.00 bits per heavy atom. The predicted octanol–water partition coefficient (Wildman–Crippen LogP) is 11.1. The van der Waals surface area contributed by atoms with E-state index in [9.17, 15) is 0 Å². The molecule has 0 saturated carbocycles. The van der Waals surface area contributed by atoms with Gasteiger partial charge in [-0.25, -0.2) is 8.78 Å². The second kappa shape index (κ2) is 8.34. The van der Waals surface area contributed by atoms with Crippen LogP contribution in [0.15, 0.2) is 109 Å². The minimum atomic E-state index is -0.838. The van der Waals surface area contributed by atoms with Gasteiger partial charge >= 0.3 is 0 Å².